The van der Waals surface area contributed by atoms with Gasteiger partial charge in [-0.2, -0.15) is 0 Å². The Morgan fingerprint density at radius 3 is 3.00 bits per heavy atom. The van der Waals surface area contributed by atoms with Gasteiger partial charge < -0.3 is 20.9 Å². The molecule has 0 aliphatic carbocycles. The fourth-order valence-corrected chi connectivity index (χ4v) is 0.986. The van der Waals surface area contributed by atoms with Crippen LogP contribution in [0.15, 0.2) is 6.07 Å². The van der Waals surface area contributed by atoms with Gasteiger partial charge in [-0.3, -0.25) is 0 Å². The summed E-state index contributed by atoms with van der Waals surface area (Å²) in [7, 11) is 1.56. The average Bonchev–Trinajstić information content (AvgIpc) is 2.14. The summed E-state index contributed by atoms with van der Waals surface area (Å²) < 4.78 is 4.88. The summed E-state index contributed by atoms with van der Waals surface area (Å²) >= 11 is 0. The van der Waals surface area contributed by atoms with Gasteiger partial charge in [0.05, 0.1) is 6.61 Å². The van der Waals surface area contributed by atoms with Gasteiger partial charge in [-0.05, 0) is 0 Å². The standard InChI is InChI=1S/C8H14N4O2/c1-14-5-8-11-6(9)4-7(12-8)10-2-3-13/h4,13H,2-3,5H2,1H3,(H3,9,10,11,12). The molecule has 1 heterocycles. The number of rotatable bonds is 5. The van der Waals surface area contributed by atoms with Gasteiger partial charge in [-0.25, -0.2) is 9.97 Å². The van der Waals surface area contributed by atoms with Crippen LogP contribution in [0.4, 0.5) is 11.6 Å². The van der Waals surface area contributed by atoms with E-state index >= 15 is 0 Å². The monoisotopic (exact) mass is 198 g/mol. The van der Waals surface area contributed by atoms with Crippen LogP contribution in [0.5, 0.6) is 0 Å². The average molecular weight is 198 g/mol. The quantitative estimate of drug-likeness (QED) is 0.596. The smallest absolute Gasteiger partial charge is 0.158 e. The summed E-state index contributed by atoms with van der Waals surface area (Å²) in [5.41, 5.74) is 5.55. The van der Waals surface area contributed by atoms with Crippen molar-refractivity contribution in [3.63, 3.8) is 0 Å². The van der Waals surface area contributed by atoms with E-state index in [4.69, 9.17) is 15.6 Å². The SMILES string of the molecule is COCc1nc(N)cc(NCCO)n1. The van der Waals surface area contributed by atoms with Crippen LogP contribution in [-0.2, 0) is 11.3 Å². The van der Waals surface area contributed by atoms with E-state index in [-0.39, 0.29) is 6.61 Å². The number of nitrogen functional groups attached to an aromatic ring is 1. The Kier molecular flexibility index (Phi) is 4.09. The minimum atomic E-state index is 0.0452. The zero-order chi connectivity index (χ0) is 10.4. The van der Waals surface area contributed by atoms with Crippen LogP contribution in [-0.4, -0.2) is 35.3 Å². The van der Waals surface area contributed by atoms with E-state index in [0.717, 1.165) is 0 Å². The molecule has 1 aromatic heterocycles. The maximum absolute atomic E-state index is 8.61. The van der Waals surface area contributed by atoms with E-state index in [2.05, 4.69) is 15.3 Å². The van der Waals surface area contributed by atoms with Crippen molar-refractivity contribution in [3.8, 4) is 0 Å². The van der Waals surface area contributed by atoms with Crippen LogP contribution in [0.3, 0.4) is 0 Å². The van der Waals surface area contributed by atoms with E-state index in [1.165, 1.54) is 0 Å². The van der Waals surface area contributed by atoms with Gasteiger partial charge in [0, 0.05) is 19.7 Å². The predicted octanol–water partition coefficient (Wildman–Crippen LogP) is -0.391. The lowest BCUT2D eigenvalue weighted by atomic mass is 10.5. The van der Waals surface area contributed by atoms with Gasteiger partial charge in [-0.15, -0.1) is 0 Å². The van der Waals surface area contributed by atoms with Crippen molar-refractivity contribution in [2.75, 3.05) is 31.3 Å². The number of nitrogens with two attached hydrogens (primary N) is 1. The molecule has 0 unspecified atom stereocenters. The van der Waals surface area contributed by atoms with E-state index in [1.54, 1.807) is 13.2 Å². The van der Waals surface area contributed by atoms with Gasteiger partial charge in [0.25, 0.3) is 0 Å². The molecule has 0 spiro atoms. The van der Waals surface area contributed by atoms with Crippen molar-refractivity contribution in [1.82, 2.24) is 9.97 Å². The Morgan fingerprint density at radius 1 is 1.57 bits per heavy atom. The molecule has 0 fully saturated rings. The van der Waals surface area contributed by atoms with E-state index < -0.39 is 0 Å². The summed E-state index contributed by atoms with van der Waals surface area (Å²) in [6.07, 6.45) is 0. The van der Waals surface area contributed by atoms with E-state index in [1.807, 2.05) is 0 Å². The number of nitrogens with zero attached hydrogens (tertiary/aromatic N) is 2. The second kappa shape index (κ2) is 5.36. The Balaban J connectivity index is 2.73. The maximum atomic E-state index is 8.61. The third-order valence-corrected chi connectivity index (χ3v) is 1.48. The normalized spacial score (nSPS) is 10.1. The van der Waals surface area contributed by atoms with Gasteiger partial charge in [-0.1, -0.05) is 0 Å². The van der Waals surface area contributed by atoms with Crippen LogP contribution in [0.2, 0.25) is 0 Å². The van der Waals surface area contributed by atoms with Gasteiger partial charge >= 0.3 is 0 Å². The number of ether oxygens (including phenoxy) is 1. The third kappa shape index (κ3) is 3.15. The molecule has 0 saturated carbocycles. The van der Waals surface area contributed by atoms with Gasteiger partial charge in [0.2, 0.25) is 0 Å². The number of methoxy groups -OCH3 is 1. The number of aliphatic hydroxyl groups is 1. The van der Waals surface area contributed by atoms with Crippen LogP contribution in [0.1, 0.15) is 5.82 Å². The van der Waals surface area contributed by atoms with E-state index in [9.17, 15) is 0 Å². The molecule has 0 bridgehead atoms. The first-order chi connectivity index (χ1) is 6.76. The molecule has 0 saturated heterocycles. The molecule has 4 N–H and O–H groups in total. The topological polar surface area (TPSA) is 93.3 Å². The minimum Gasteiger partial charge on any atom is -0.395 e. The summed E-state index contributed by atoms with van der Waals surface area (Å²) in [4.78, 5) is 8.09. The summed E-state index contributed by atoms with van der Waals surface area (Å²) in [6.45, 7) is 0.797. The fourth-order valence-electron chi connectivity index (χ4n) is 0.986. The second-order valence-electron chi connectivity index (χ2n) is 2.68. The van der Waals surface area contributed by atoms with Crippen LogP contribution in [0, 0.1) is 0 Å². The Bertz CT molecular complexity index is 293. The first-order valence-corrected chi connectivity index (χ1v) is 4.23. The minimum absolute atomic E-state index is 0.0452. The van der Waals surface area contributed by atoms with Gasteiger partial charge in [0.1, 0.15) is 18.2 Å². The molecule has 0 aromatic carbocycles. The zero-order valence-electron chi connectivity index (χ0n) is 8.03. The molecule has 6 nitrogen and oxygen atoms in total. The second-order valence-corrected chi connectivity index (χ2v) is 2.68. The molecule has 0 amide bonds. The number of aliphatic hydroxyl groups excluding tert-OH is 1. The third-order valence-electron chi connectivity index (χ3n) is 1.48. The van der Waals surface area contributed by atoms with Crippen LogP contribution >= 0.6 is 0 Å². The summed E-state index contributed by atoms with van der Waals surface area (Å²) in [5, 5.41) is 11.5. The van der Waals surface area contributed by atoms with Crippen LogP contribution in [0.25, 0.3) is 0 Å². The molecule has 1 rings (SSSR count). The first kappa shape index (κ1) is 10.7. The van der Waals surface area contributed by atoms with Crippen molar-refractivity contribution in [2.24, 2.45) is 0 Å². The Labute approximate surface area is 82.1 Å². The molecule has 0 radical (unpaired) electrons. The highest BCUT2D eigenvalue weighted by atomic mass is 16.5. The molecule has 0 aliphatic rings. The number of anilines is 2. The molecule has 1 aromatic rings. The Hall–Kier alpha value is -1.40. The highest BCUT2D eigenvalue weighted by Crippen LogP contribution is 2.08. The molecule has 0 atom stereocenters. The number of hydrogen-bond donors (Lipinski definition) is 3. The molecule has 14 heavy (non-hydrogen) atoms. The lowest BCUT2D eigenvalue weighted by molar-refractivity contribution is 0.178. The summed E-state index contributed by atoms with van der Waals surface area (Å²) in [6, 6.07) is 1.61. The highest BCUT2D eigenvalue weighted by Gasteiger charge is 2.01. The highest BCUT2D eigenvalue weighted by molar-refractivity contribution is 5.44. The van der Waals surface area contributed by atoms with E-state index in [0.29, 0.717) is 30.6 Å². The van der Waals surface area contributed by atoms with Gasteiger partial charge in [0.15, 0.2) is 5.82 Å². The largest absolute Gasteiger partial charge is 0.395 e. The fraction of sp³-hybridized carbons (Fsp3) is 0.500. The number of aromatic nitrogens is 2. The maximum Gasteiger partial charge on any atom is 0.158 e. The molecular weight excluding hydrogens is 184 g/mol. The van der Waals surface area contributed by atoms with Crippen molar-refractivity contribution in [1.29, 1.82) is 0 Å². The summed E-state index contributed by atoms with van der Waals surface area (Å²) in [5.74, 6) is 1.50. The van der Waals surface area contributed by atoms with Crippen molar-refractivity contribution >= 4 is 11.6 Å². The van der Waals surface area contributed by atoms with Crippen molar-refractivity contribution < 1.29 is 9.84 Å². The lowest BCUT2D eigenvalue weighted by Crippen LogP contribution is -2.10. The van der Waals surface area contributed by atoms with Crippen LogP contribution < -0.4 is 11.1 Å². The zero-order valence-corrected chi connectivity index (χ0v) is 8.03. The Morgan fingerprint density at radius 2 is 2.36 bits per heavy atom. The molecule has 0 aliphatic heterocycles. The number of nitrogens with one attached hydrogen (secondary N) is 1. The molecule has 78 valence electrons. The predicted molar refractivity (Wildman–Crippen MR) is 52.7 cm³/mol. The lowest BCUT2D eigenvalue weighted by Gasteiger charge is -2.06. The van der Waals surface area contributed by atoms with Crippen molar-refractivity contribution in [3.05, 3.63) is 11.9 Å². The van der Waals surface area contributed by atoms with Crippen molar-refractivity contribution in [2.45, 2.75) is 6.61 Å². The molecule has 6 heteroatoms. The first-order valence-electron chi connectivity index (χ1n) is 4.23. The molecular formula is C8H14N4O2. The number of hydrogen-bond acceptors (Lipinski definition) is 6.